The second-order valence-corrected chi connectivity index (χ2v) is 8.35. The van der Waals surface area contributed by atoms with Crippen molar-refractivity contribution in [1.29, 1.82) is 0 Å². The summed E-state index contributed by atoms with van der Waals surface area (Å²) in [5.41, 5.74) is 2.87. The van der Waals surface area contributed by atoms with E-state index in [2.05, 4.69) is 31.9 Å². The van der Waals surface area contributed by atoms with Gasteiger partial charge in [0.1, 0.15) is 11.4 Å². The zero-order valence-corrected chi connectivity index (χ0v) is 16.2. The number of hydrogen-bond donors (Lipinski definition) is 1. The number of hydrogen-bond acceptors (Lipinski definition) is 3. The monoisotopic (exact) mass is 406 g/mol. The van der Waals surface area contributed by atoms with Crippen LogP contribution in [0.1, 0.15) is 29.9 Å². The molecule has 0 radical (unpaired) electrons. The van der Waals surface area contributed by atoms with E-state index in [4.69, 9.17) is 4.74 Å². The zero-order valence-electron chi connectivity index (χ0n) is 13.8. The van der Waals surface area contributed by atoms with Gasteiger partial charge < -0.3 is 14.6 Å². The molecule has 3 aromatic rings. The molecule has 0 aliphatic carbocycles. The van der Waals surface area contributed by atoms with Crippen LogP contribution in [0.15, 0.2) is 40.2 Å². The van der Waals surface area contributed by atoms with Gasteiger partial charge in [-0.3, -0.25) is 4.79 Å². The van der Waals surface area contributed by atoms with Crippen LogP contribution in [0.2, 0.25) is 0 Å². The number of thiophene rings is 1. The molecule has 24 heavy (non-hydrogen) atoms. The van der Waals surface area contributed by atoms with Gasteiger partial charge in [-0.25, -0.2) is 0 Å². The van der Waals surface area contributed by atoms with Crippen LogP contribution in [0, 0.1) is 0 Å². The van der Waals surface area contributed by atoms with Gasteiger partial charge in [-0.15, -0.1) is 11.3 Å². The third kappa shape index (κ3) is 3.49. The Kier molecular flexibility index (Phi) is 4.96. The molecule has 0 atom stereocenters. The van der Waals surface area contributed by atoms with Crippen molar-refractivity contribution >= 4 is 43.4 Å². The number of halogens is 1. The van der Waals surface area contributed by atoms with E-state index in [0.29, 0.717) is 12.2 Å². The molecule has 0 saturated heterocycles. The Balaban J connectivity index is 2.00. The summed E-state index contributed by atoms with van der Waals surface area (Å²) in [6.07, 6.45) is 0. The molecule has 2 heterocycles. The molecule has 6 heteroatoms. The van der Waals surface area contributed by atoms with Crippen molar-refractivity contribution < 1.29 is 9.53 Å². The Bertz CT molecular complexity index is 865. The van der Waals surface area contributed by atoms with Crippen LogP contribution in [0.3, 0.4) is 0 Å². The fourth-order valence-corrected chi connectivity index (χ4v) is 4.18. The predicted octanol–water partition coefficient (Wildman–Crippen LogP) is 4.66. The number of carbonyl (C=O) groups is 1. The first-order chi connectivity index (χ1) is 11.5. The van der Waals surface area contributed by atoms with Gasteiger partial charge in [0.2, 0.25) is 0 Å². The van der Waals surface area contributed by atoms with Crippen LogP contribution < -0.4 is 10.1 Å². The van der Waals surface area contributed by atoms with Crippen LogP contribution in [-0.4, -0.2) is 23.6 Å². The third-order valence-electron chi connectivity index (χ3n) is 3.71. The van der Waals surface area contributed by atoms with Gasteiger partial charge in [0.25, 0.3) is 5.91 Å². The summed E-state index contributed by atoms with van der Waals surface area (Å²) in [7, 11) is 1.65. The minimum Gasteiger partial charge on any atom is -0.497 e. The SMILES string of the molecule is COc1ccc(Cn2c(C(=O)NC(C)C)cc3sc(Br)cc32)cc1. The van der Waals surface area contributed by atoms with Crippen LogP contribution in [0.4, 0.5) is 0 Å². The number of methoxy groups -OCH3 is 1. The van der Waals surface area contributed by atoms with E-state index in [1.807, 2.05) is 44.2 Å². The maximum atomic E-state index is 12.6. The first-order valence-corrected chi connectivity index (χ1v) is 9.31. The third-order valence-corrected chi connectivity index (χ3v) is 5.29. The first-order valence-electron chi connectivity index (χ1n) is 7.70. The van der Waals surface area contributed by atoms with E-state index < -0.39 is 0 Å². The van der Waals surface area contributed by atoms with Gasteiger partial charge in [0, 0.05) is 12.6 Å². The summed E-state index contributed by atoms with van der Waals surface area (Å²) in [4.78, 5) is 12.6. The molecule has 2 aromatic heterocycles. The summed E-state index contributed by atoms with van der Waals surface area (Å²) in [6.45, 7) is 4.57. The number of benzene rings is 1. The molecule has 4 nitrogen and oxygen atoms in total. The van der Waals surface area contributed by atoms with E-state index in [0.717, 1.165) is 25.3 Å². The Hall–Kier alpha value is -1.79. The van der Waals surface area contributed by atoms with Crippen molar-refractivity contribution in [1.82, 2.24) is 9.88 Å². The lowest BCUT2D eigenvalue weighted by Gasteiger charge is -2.13. The molecular formula is C18H19BrN2O2S. The van der Waals surface area contributed by atoms with Crippen LogP contribution in [-0.2, 0) is 6.54 Å². The second kappa shape index (κ2) is 6.99. The summed E-state index contributed by atoms with van der Waals surface area (Å²) < 4.78 is 9.44. The highest BCUT2D eigenvalue weighted by Crippen LogP contribution is 2.33. The summed E-state index contributed by atoms with van der Waals surface area (Å²) >= 11 is 5.17. The highest BCUT2D eigenvalue weighted by atomic mass is 79.9. The molecular weight excluding hydrogens is 388 g/mol. The fourth-order valence-electron chi connectivity index (χ4n) is 2.62. The molecule has 1 aromatic carbocycles. The smallest absolute Gasteiger partial charge is 0.268 e. The fraction of sp³-hybridized carbons (Fsp3) is 0.278. The number of rotatable bonds is 5. The topological polar surface area (TPSA) is 43.3 Å². The number of aromatic nitrogens is 1. The van der Waals surface area contributed by atoms with Crippen molar-refractivity contribution in [2.24, 2.45) is 0 Å². The van der Waals surface area contributed by atoms with Crippen molar-refractivity contribution in [3.63, 3.8) is 0 Å². The van der Waals surface area contributed by atoms with E-state index in [1.165, 1.54) is 0 Å². The molecule has 0 saturated carbocycles. The highest BCUT2D eigenvalue weighted by Gasteiger charge is 2.18. The van der Waals surface area contributed by atoms with E-state index in [1.54, 1.807) is 18.4 Å². The van der Waals surface area contributed by atoms with Gasteiger partial charge in [0.05, 0.1) is 21.1 Å². The number of nitrogens with zero attached hydrogens (tertiary/aromatic N) is 1. The van der Waals surface area contributed by atoms with Crippen molar-refractivity contribution in [2.75, 3.05) is 7.11 Å². The van der Waals surface area contributed by atoms with Crippen molar-refractivity contribution in [2.45, 2.75) is 26.4 Å². The van der Waals surface area contributed by atoms with Gasteiger partial charge in [-0.05, 0) is 59.6 Å². The predicted molar refractivity (Wildman–Crippen MR) is 102 cm³/mol. The van der Waals surface area contributed by atoms with Crippen LogP contribution in [0.5, 0.6) is 5.75 Å². The molecule has 0 aliphatic rings. The average molecular weight is 407 g/mol. The number of ether oxygens (including phenoxy) is 1. The molecule has 0 unspecified atom stereocenters. The first kappa shape index (κ1) is 17.0. The number of fused-ring (bicyclic) bond motifs is 1. The molecule has 1 N–H and O–H groups in total. The second-order valence-electron chi connectivity index (χ2n) is 5.89. The van der Waals surface area contributed by atoms with Gasteiger partial charge in [-0.1, -0.05) is 12.1 Å². The zero-order chi connectivity index (χ0) is 17.3. The summed E-state index contributed by atoms with van der Waals surface area (Å²) in [6, 6.07) is 12.1. The Morgan fingerprint density at radius 3 is 2.62 bits per heavy atom. The minimum absolute atomic E-state index is 0.0435. The largest absolute Gasteiger partial charge is 0.497 e. The number of carbonyl (C=O) groups excluding carboxylic acids is 1. The van der Waals surface area contributed by atoms with Crippen LogP contribution in [0.25, 0.3) is 10.2 Å². The highest BCUT2D eigenvalue weighted by molar-refractivity contribution is 9.11. The normalized spacial score (nSPS) is 11.2. The maximum absolute atomic E-state index is 12.6. The Labute approximate surface area is 153 Å². The van der Waals surface area contributed by atoms with Gasteiger partial charge in [0.15, 0.2) is 0 Å². The van der Waals surface area contributed by atoms with E-state index in [-0.39, 0.29) is 11.9 Å². The summed E-state index contributed by atoms with van der Waals surface area (Å²) in [5, 5.41) is 2.98. The minimum atomic E-state index is -0.0435. The molecule has 0 spiro atoms. The summed E-state index contributed by atoms with van der Waals surface area (Å²) in [5.74, 6) is 0.783. The number of amides is 1. The molecule has 0 bridgehead atoms. The van der Waals surface area contributed by atoms with Gasteiger partial charge in [-0.2, -0.15) is 0 Å². The molecule has 0 aliphatic heterocycles. The molecule has 0 fully saturated rings. The Morgan fingerprint density at radius 1 is 1.29 bits per heavy atom. The maximum Gasteiger partial charge on any atom is 0.268 e. The van der Waals surface area contributed by atoms with Crippen molar-refractivity contribution in [3.8, 4) is 5.75 Å². The number of nitrogens with one attached hydrogen (secondary N) is 1. The Morgan fingerprint density at radius 2 is 2.00 bits per heavy atom. The standard InChI is InChI=1S/C18H19BrN2O2S/c1-11(2)20-18(22)15-8-16-14(9-17(19)24-16)21(15)10-12-4-6-13(23-3)7-5-12/h4-9,11H,10H2,1-3H3,(H,20,22). The lowest BCUT2D eigenvalue weighted by atomic mass is 10.2. The average Bonchev–Trinajstić information content (AvgIpc) is 3.05. The van der Waals surface area contributed by atoms with Crippen LogP contribution >= 0.6 is 27.3 Å². The quantitative estimate of drug-likeness (QED) is 0.669. The molecule has 3 rings (SSSR count). The molecule has 1 amide bonds. The van der Waals surface area contributed by atoms with E-state index in [9.17, 15) is 4.79 Å². The lowest BCUT2D eigenvalue weighted by Crippen LogP contribution is -2.31. The van der Waals surface area contributed by atoms with Crippen molar-refractivity contribution in [3.05, 3.63) is 51.4 Å². The van der Waals surface area contributed by atoms with Gasteiger partial charge >= 0.3 is 0 Å². The lowest BCUT2D eigenvalue weighted by molar-refractivity contribution is 0.0934. The molecule has 126 valence electrons. The van der Waals surface area contributed by atoms with E-state index >= 15 is 0 Å².